The van der Waals surface area contributed by atoms with Crippen LogP contribution in [0.4, 0.5) is 0 Å². The van der Waals surface area contributed by atoms with Gasteiger partial charge in [0.1, 0.15) is 0 Å². The molecule has 1 nitrogen and oxygen atoms in total. The molecule has 1 atom stereocenters. The van der Waals surface area contributed by atoms with Crippen molar-refractivity contribution in [2.75, 3.05) is 7.05 Å². The smallest absolute Gasteiger partial charge is 0.0369 e. The summed E-state index contributed by atoms with van der Waals surface area (Å²) in [6.07, 6.45) is 4.86. The van der Waals surface area contributed by atoms with Gasteiger partial charge >= 0.3 is 0 Å². The van der Waals surface area contributed by atoms with Gasteiger partial charge in [-0.1, -0.05) is 52.3 Å². The number of hydrogen-bond donors (Lipinski definition) is 1. The standard InChI is InChI=1S/C18H20BrN/c1-20-18(16-7-2-3-8-17(16)19)12-13-9-10-14-5-4-6-15(14)11-13/h2-3,7-11,18,20H,4-6,12H2,1H3. The summed E-state index contributed by atoms with van der Waals surface area (Å²) in [6.45, 7) is 0. The van der Waals surface area contributed by atoms with E-state index in [-0.39, 0.29) is 0 Å². The third kappa shape index (κ3) is 2.82. The van der Waals surface area contributed by atoms with Gasteiger partial charge in [0.05, 0.1) is 0 Å². The van der Waals surface area contributed by atoms with E-state index in [1.54, 1.807) is 11.1 Å². The molecule has 0 spiro atoms. The highest BCUT2D eigenvalue weighted by Gasteiger charge is 2.15. The van der Waals surface area contributed by atoms with E-state index in [1.807, 2.05) is 7.05 Å². The fourth-order valence-electron chi connectivity index (χ4n) is 3.11. The SMILES string of the molecule is CNC(Cc1ccc2c(c1)CCC2)c1ccccc1Br. The minimum absolute atomic E-state index is 0.352. The number of hydrogen-bond acceptors (Lipinski definition) is 1. The molecule has 104 valence electrons. The van der Waals surface area contributed by atoms with Crippen LogP contribution in [0.1, 0.15) is 34.7 Å². The number of aryl methyl sites for hydroxylation is 2. The van der Waals surface area contributed by atoms with Gasteiger partial charge in [-0.2, -0.15) is 0 Å². The molecular formula is C18H20BrN. The van der Waals surface area contributed by atoms with Gasteiger partial charge in [0.25, 0.3) is 0 Å². The van der Waals surface area contributed by atoms with Gasteiger partial charge < -0.3 is 5.32 Å². The van der Waals surface area contributed by atoms with Gasteiger partial charge in [0.15, 0.2) is 0 Å². The lowest BCUT2D eigenvalue weighted by molar-refractivity contribution is 0.589. The molecule has 1 aliphatic carbocycles. The average molecular weight is 330 g/mol. The van der Waals surface area contributed by atoms with Crippen LogP contribution < -0.4 is 5.32 Å². The molecule has 0 saturated heterocycles. The maximum Gasteiger partial charge on any atom is 0.0369 e. The van der Waals surface area contributed by atoms with Crippen molar-refractivity contribution in [2.45, 2.75) is 31.7 Å². The molecule has 2 heteroatoms. The Kier molecular flexibility index (Phi) is 4.23. The third-order valence-corrected chi connectivity index (χ3v) is 4.95. The Morgan fingerprint density at radius 1 is 1.10 bits per heavy atom. The van der Waals surface area contributed by atoms with Crippen LogP contribution >= 0.6 is 15.9 Å². The van der Waals surface area contributed by atoms with Crippen LogP contribution in [-0.2, 0) is 19.3 Å². The zero-order valence-electron chi connectivity index (χ0n) is 11.8. The molecule has 0 bridgehead atoms. The van der Waals surface area contributed by atoms with Crippen molar-refractivity contribution in [1.29, 1.82) is 0 Å². The molecule has 2 aromatic rings. The van der Waals surface area contributed by atoms with Crippen LogP contribution in [0.15, 0.2) is 46.9 Å². The normalized spacial score (nSPS) is 15.1. The first kappa shape index (κ1) is 13.8. The lowest BCUT2D eigenvalue weighted by Gasteiger charge is -2.19. The van der Waals surface area contributed by atoms with E-state index >= 15 is 0 Å². The van der Waals surface area contributed by atoms with Gasteiger partial charge in [-0.3, -0.25) is 0 Å². The maximum atomic E-state index is 3.66. The van der Waals surface area contributed by atoms with E-state index in [1.165, 1.54) is 34.9 Å². The Labute approximate surface area is 129 Å². The number of nitrogens with one attached hydrogen (secondary N) is 1. The topological polar surface area (TPSA) is 12.0 Å². The van der Waals surface area contributed by atoms with E-state index in [2.05, 4.69) is 63.7 Å². The van der Waals surface area contributed by atoms with Crippen LogP contribution in [-0.4, -0.2) is 7.05 Å². The second-order valence-electron chi connectivity index (χ2n) is 5.52. The second kappa shape index (κ2) is 6.11. The molecule has 0 aromatic heterocycles. The minimum Gasteiger partial charge on any atom is -0.313 e. The first-order valence-electron chi connectivity index (χ1n) is 7.30. The lowest BCUT2D eigenvalue weighted by Crippen LogP contribution is -2.19. The Bertz CT molecular complexity index is 606. The molecule has 0 fully saturated rings. The highest BCUT2D eigenvalue weighted by molar-refractivity contribution is 9.10. The van der Waals surface area contributed by atoms with Gasteiger partial charge in [-0.25, -0.2) is 0 Å². The predicted octanol–water partition coefficient (Wildman–Crippen LogP) is 4.44. The summed E-state index contributed by atoms with van der Waals surface area (Å²) in [5, 5.41) is 3.45. The van der Waals surface area contributed by atoms with Crippen LogP contribution in [0.25, 0.3) is 0 Å². The van der Waals surface area contributed by atoms with Crippen molar-refractivity contribution >= 4 is 15.9 Å². The van der Waals surface area contributed by atoms with E-state index in [9.17, 15) is 0 Å². The van der Waals surface area contributed by atoms with E-state index < -0.39 is 0 Å². The second-order valence-corrected chi connectivity index (χ2v) is 6.38. The van der Waals surface area contributed by atoms with Crippen molar-refractivity contribution < 1.29 is 0 Å². The van der Waals surface area contributed by atoms with Crippen molar-refractivity contribution in [3.05, 3.63) is 69.2 Å². The van der Waals surface area contributed by atoms with Gasteiger partial charge in [-0.05, 0) is 61.1 Å². The summed E-state index contributed by atoms with van der Waals surface area (Å²) in [4.78, 5) is 0. The largest absolute Gasteiger partial charge is 0.313 e. The lowest BCUT2D eigenvalue weighted by atomic mass is 9.96. The fraction of sp³-hybridized carbons (Fsp3) is 0.333. The van der Waals surface area contributed by atoms with Crippen molar-refractivity contribution in [3.8, 4) is 0 Å². The summed E-state index contributed by atoms with van der Waals surface area (Å²) < 4.78 is 1.18. The maximum absolute atomic E-state index is 3.66. The summed E-state index contributed by atoms with van der Waals surface area (Å²) in [7, 11) is 2.04. The molecule has 1 aliphatic rings. The van der Waals surface area contributed by atoms with E-state index in [0.717, 1.165) is 6.42 Å². The van der Waals surface area contributed by atoms with Gasteiger partial charge in [0, 0.05) is 10.5 Å². The van der Waals surface area contributed by atoms with Gasteiger partial charge in [-0.15, -0.1) is 0 Å². The molecule has 2 aromatic carbocycles. The monoisotopic (exact) mass is 329 g/mol. The van der Waals surface area contributed by atoms with Crippen LogP contribution in [0.5, 0.6) is 0 Å². The Morgan fingerprint density at radius 2 is 1.90 bits per heavy atom. The molecule has 1 unspecified atom stereocenters. The zero-order valence-corrected chi connectivity index (χ0v) is 13.4. The van der Waals surface area contributed by atoms with Crippen molar-refractivity contribution in [1.82, 2.24) is 5.32 Å². The van der Waals surface area contributed by atoms with Crippen molar-refractivity contribution in [3.63, 3.8) is 0 Å². The number of rotatable bonds is 4. The average Bonchev–Trinajstić information content (AvgIpc) is 2.93. The molecule has 0 saturated carbocycles. The highest BCUT2D eigenvalue weighted by Crippen LogP contribution is 2.28. The highest BCUT2D eigenvalue weighted by atomic mass is 79.9. The Balaban J connectivity index is 1.83. The van der Waals surface area contributed by atoms with E-state index in [4.69, 9.17) is 0 Å². The quantitative estimate of drug-likeness (QED) is 0.874. The number of benzene rings is 2. The summed E-state index contributed by atoms with van der Waals surface area (Å²) in [5.74, 6) is 0. The molecule has 1 N–H and O–H groups in total. The summed E-state index contributed by atoms with van der Waals surface area (Å²) in [6, 6.07) is 15.9. The fourth-order valence-corrected chi connectivity index (χ4v) is 3.67. The number of likely N-dealkylation sites (N-methyl/N-ethyl adjacent to an activating group) is 1. The van der Waals surface area contributed by atoms with Crippen LogP contribution in [0.2, 0.25) is 0 Å². The predicted molar refractivity (Wildman–Crippen MR) is 88.1 cm³/mol. The molecule has 0 radical (unpaired) electrons. The molecular weight excluding hydrogens is 310 g/mol. The minimum atomic E-state index is 0.352. The third-order valence-electron chi connectivity index (χ3n) is 4.23. The first-order valence-corrected chi connectivity index (χ1v) is 8.09. The summed E-state index contributed by atoms with van der Waals surface area (Å²) >= 11 is 3.66. The molecule has 0 aliphatic heterocycles. The Morgan fingerprint density at radius 3 is 2.70 bits per heavy atom. The number of fused-ring (bicyclic) bond motifs is 1. The van der Waals surface area contributed by atoms with E-state index in [0.29, 0.717) is 6.04 Å². The van der Waals surface area contributed by atoms with Crippen LogP contribution in [0, 0.1) is 0 Å². The molecule has 20 heavy (non-hydrogen) atoms. The van der Waals surface area contributed by atoms with Gasteiger partial charge in [0.2, 0.25) is 0 Å². The Hall–Kier alpha value is -1.12. The molecule has 3 rings (SSSR count). The summed E-state index contributed by atoms with van der Waals surface area (Å²) in [5.41, 5.74) is 5.87. The molecule has 0 heterocycles. The molecule has 0 amide bonds. The zero-order chi connectivity index (χ0) is 13.9. The van der Waals surface area contributed by atoms with Crippen molar-refractivity contribution in [2.24, 2.45) is 0 Å². The first-order chi connectivity index (χ1) is 9.78. The van der Waals surface area contributed by atoms with Crippen LogP contribution in [0.3, 0.4) is 0 Å². The number of halogens is 1.